The number of benzene rings is 2. The number of aromatic nitrogens is 1. The van der Waals surface area contributed by atoms with E-state index in [0.29, 0.717) is 31.2 Å². The Morgan fingerprint density at radius 1 is 0.667 bits per heavy atom. The van der Waals surface area contributed by atoms with Crippen LogP contribution in [0.1, 0.15) is 32.1 Å². The monoisotopic (exact) mass is 483 g/mol. The molecule has 9 heteroatoms. The van der Waals surface area contributed by atoms with Crippen LogP contribution in [0.25, 0.3) is 0 Å². The number of ether oxygens (including phenoxy) is 2. The lowest BCUT2D eigenvalue weighted by Crippen LogP contribution is -2.12. The maximum Gasteiger partial charge on any atom is 0.357 e. The highest BCUT2D eigenvalue weighted by atomic mass is 35.5. The predicted molar refractivity (Wildman–Crippen MR) is 115 cm³/mol. The van der Waals surface area contributed by atoms with E-state index in [1.165, 1.54) is 18.2 Å². The lowest BCUT2D eigenvalue weighted by molar-refractivity contribution is 0.0456. The Balaban J connectivity index is 1.61. The summed E-state index contributed by atoms with van der Waals surface area (Å²) in [5.41, 5.74) is 1.27. The average molecular weight is 485 g/mol. The van der Waals surface area contributed by atoms with Gasteiger partial charge in [0.2, 0.25) is 0 Å². The summed E-state index contributed by atoms with van der Waals surface area (Å²) >= 11 is 23.6. The number of hydrogen-bond acceptors (Lipinski definition) is 5. The lowest BCUT2D eigenvalue weighted by Gasteiger charge is -2.08. The zero-order chi connectivity index (χ0) is 21.7. The van der Waals surface area contributed by atoms with E-state index in [0.717, 1.165) is 0 Å². The van der Waals surface area contributed by atoms with Gasteiger partial charge in [-0.2, -0.15) is 0 Å². The Morgan fingerprint density at radius 2 is 1.10 bits per heavy atom. The summed E-state index contributed by atoms with van der Waals surface area (Å²) in [5, 5.41) is 1.52. The third-order valence-corrected chi connectivity index (χ3v) is 5.35. The number of esters is 2. The molecule has 0 saturated carbocycles. The van der Waals surface area contributed by atoms with Crippen molar-refractivity contribution in [3.8, 4) is 0 Å². The van der Waals surface area contributed by atoms with Crippen LogP contribution in [0.15, 0.2) is 54.6 Å². The van der Waals surface area contributed by atoms with Crippen molar-refractivity contribution in [2.45, 2.75) is 13.2 Å². The van der Waals surface area contributed by atoms with Crippen LogP contribution in [0.5, 0.6) is 0 Å². The van der Waals surface area contributed by atoms with Gasteiger partial charge >= 0.3 is 11.9 Å². The molecular formula is C21H13Cl4NO4. The largest absolute Gasteiger partial charge is 0.456 e. The van der Waals surface area contributed by atoms with Crippen molar-refractivity contribution in [2.75, 3.05) is 0 Å². The van der Waals surface area contributed by atoms with Gasteiger partial charge in [0.25, 0.3) is 0 Å². The van der Waals surface area contributed by atoms with Crippen LogP contribution in [0, 0.1) is 0 Å². The maximum atomic E-state index is 12.3. The maximum absolute atomic E-state index is 12.3. The van der Waals surface area contributed by atoms with E-state index in [-0.39, 0.29) is 24.6 Å². The molecular weight excluding hydrogens is 472 g/mol. The smallest absolute Gasteiger partial charge is 0.357 e. The molecule has 0 amide bonds. The number of carbonyl (C=O) groups excluding carboxylic acids is 2. The summed E-state index contributed by atoms with van der Waals surface area (Å²) in [4.78, 5) is 28.6. The first-order valence-electron chi connectivity index (χ1n) is 8.52. The molecule has 3 rings (SSSR count). The topological polar surface area (TPSA) is 65.5 Å². The first-order chi connectivity index (χ1) is 14.3. The van der Waals surface area contributed by atoms with Gasteiger partial charge in [-0.05, 0) is 47.5 Å². The second-order valence-corrected chi connectivity index (χ2v) is 7.69. The van der Waals surface area contributed by atoms with Crippen LogP contribution in [0.2, 0.25) is 20.1 Å². The van der Waals surface area contributed by atoms with Crippen molar-refractivity contribution in [1.82, 2.24) is 4.98 Å². The molecule has 3 aromatic rings. The van der Waals surface area contributed by atoms with Crippen LogP contribution < -0.4 is 0 Å². The third kappa shape index (κ3) is 5.86. The van der Waals surface area contributed by atoms with E-state index in [2.05, 4.69) is 4.98 Å². The molecule has 1 aromatic heterocycles. The summed E-state index contributed by atoms with van der Waals surface area (Å²) < 4.78 is 10.4. The predicted octanol–water partition coefficient (Wildman–Crippen LogP) is 6.41. The minimum Gasteiger partial charge on any atom is -0.456 e. The number of carbonyl (C=O) groups is 2. The van der Waals surface area contributed by atoms with Gasteiger partial charge in [-0.3, -0.25) is 0 Å². The van der Waals surface area contributed by atoms with Gasteiger partial charge in [0.05, 0.1) is 20.1 Å². The van der Waals surface area contributed by atoms with Gasteiger partial charge in [-0.1, -0.05) is 64.6 Å². The minimum absolute atomic E-state index is 0.0244. The Morgan fingerprint density at radius 3 is 1.50 bits per heavy atom. The average Bonchev–Trinajstić information content (AvgIpc) is 2.75. The van der Waals surface area contributed by atoms with E-state index < -0.39 is 11.9 Å². The highest BCUT2D eigenvalue weighted by Crippen LogP contribution is 2.24. The second kappa shape index (κ2) is 10.1. The summed E-state index contributed by atoms with van der Waals surface area (Å²) in [5.74, 6) is -1.39. The summed E-state index contributed by atoms with van der Waals surface area (Å²) in [7, 11) is 0. The van der Waals surface area contributed by atoms with Crippen molar-refractivity contribution in [2.24, 2.45) is 0 Å². The van der Waals surface area contributed by atoms with Crippen LogP contribution in [0.4, 0.5) is 0 Å². The molecule has 154 valence electrons. The fourth-order valence-electron chi connectivity index (χ4n) is 2.37. The Bertz CT molecular complexity index is 1020. The summed E-state index contributed by atoms with van der Waals surface area (Å²) in [6.45, 7) is -0.0488. The molecule has 30 heavy (non-hydrogen) atoms. The molecule has 0 aliphatic rings. The van der Waals surface area contributed by atoms with Crippen molar-refractivity contribution in [3.63, 3.8) is 0 Å². The number of halogens is 4. The Kier molecular flexibility index (Phi) is 7.56. The van der Waals surface area contributed by atoms with E-state index in [1.807, 2.05) is 0 Å². The molecule has 0 N–H and O–H groups in total. The molecule has 1 heterocycles. The quantitative estimate of drug-likeness (QED) is 0.378. The van der Waals surface area contributed by atoms with Gasteiger partial charge in [-0.15, -0.1) is 0 Å². The Hall–Kier alpha value is -2.31. The minimum atomic E-state index is -0.694. The lowest BCUT2D eigenvalue weighted by atomic mass is 10.2. The molecule has 0 fully saturated rings. The van der Waals surface area contributed by atoms with Gasteiger partial charge in [-0.25, -0.2) is 14.6 Å². The van der Waals surface area contributed by atoms with Crippen LogP contribution in [-0.2, 0) is 22.7 Å². The summed E-state index contributed by atoms with van der Waals surface area (Å²) in [6.07, 6.45) is 0. The number of hydrogen-bond donors (Lipinski definition) is 0. The Labute approximate surface area is 192 Å². The number of nitrogens with zero attached hydrogens (tertiary/aromatic N) is 1. The fourth-order valence-corrected chi connectivity index (χ4v) is 3.01. The highest BCUT2D eigenvalue weighted by molar-refractivity contribution is 6.42. The van der Waals surface area contributed by atoms with Crippen molar-refractivity contribution >= 4 is 58.3 Å². The molecule has 0 unspecified atom stereocenters. The van der Waals surface area contributed by atoms with Crippen molar-refractivity contribution in [3.05, 3.63) is 97.2 Å². The number of pyridine rings is 1. The van der Waals surface area contributed by atoms with E-state index >= 15 is 0 Å². The van der Waals surface area contributed by atoms with Crippen LogP contribution >= 0.6 is 46.4 Å². The third-order valence-electron chi connectivity index (χ3n) is 3.88. The highest BCUT2D eigenvalue weighted by Gasteiger charge is 2.15. The van der Waals surface area contributed by atoms with Crippen LogP contribution in [0.3, 0.4) is 0 Å². The zero-order valence-corrected chi connectivity index (χ0v) is 18.2. The first kappa shape index (κ1) is 22.4. The summed E-state index contributed by atoms with van der Waals surface area (Å²) in [6, 6.07) is 14.2. The normalized spacial score (nSPS) is 10.5. The molecule has 0 atom stereocenters. The van der Waals surface area contributed by atoms with Gasteiger partial charge < -0.3 is 9.47 Å². The SMILES string of the molecule is O=C(OCc1ccc(Cl)c(Cl)c1)c1cccc(C(=O)OCc2ccc(Cl)c(Cl)c2)n1. The molecule has 0 aliphatic carbocycles. The van der Waals surface area contributed by atoms with E-state index in [4.69, 9.17) is 55.9 Å². The molecule has 5 nitrogen and oxygen atoms in total. The molecule has 0 spiro atoms. The second-order valence-electron chi connectivity index (χ2n) is 6.06. The van der Waals surface area contributed by atoms with E-state index in [1.54, 1.807) is 36.4 Å². The molecule has 0 bridgehead atoms. The van der Waals surface area contributed by atoms with Gasteiger partial charge in [0.15, 0.2) is 0 Å². The molecule has 0 aliphatic heterocycles. The zero-order valence-electron chi connectivity index (χ0n) is 15.2. The van der Waals surface area contributed by atoms with Crippen LogP contribution in [-0.4, -0.2) is 16.9 Å². The standard InChI is InChI=1S/C21H13Cl4NO4/c22-14-6-4-12(8-16(14)24)10-29-20(27)18-2-1-3-19(26-18)21(28)30-11-13-5-7-15(23)17(25)9-13/h1-9H,10-11H2. The van der Waals surface area contributed by atoms with Gasteiger partial charge in [0.1, 0.15) is 24.6 Å². The van der Waals surface area contributed by atoms with Crippen molar-refractivity contribution < 1.29 is 19.1 Å². The first-order valence-corrected chi connectivity index (χ1v) is 10.0. The van der Waals surface area contributed by atoms with Crippen molar-refractivity contribution in [1.29, 1.82) is 0 Å². The van der Waals surface area contributed by atoms with E-state index in [9.17, 15) is 9.59 Å². The molecule has 0 radical (unpaired) electrons. The fraction of sp³-hybridized carbons (Fsp3) is 0.0952. The molecule has 2 aromatic carbocycles. The van der Waals surface area contributed by atoms with Gasteiger partial charge in [0, 0.05) is 0 Å². The number of rotatable bonds is 6. The molecule has 0 saturated heterocycles.